The number of aromatic nitrogens is 1. The normalized spacial score (nSPS) is 11.2. The first-order valence-electron chi connectivity index (χ1n) is 10.8. The van der Waals surface area contributed by atoms with E-state index in [9.17, 15) is 9.59 Å². The number of primary amides is 1. The minimum atomic E-state index is -1.04. The highest BCUT2D eigenvalue weighted by molar-refractivity contribution is 6.12. The smallest absolute Gasteiger partial charge is 0.341 e. The van der Waals surface area contributed by atoms with E-state index in [2.05, 4.69) is 11.5 Å². The fourth-order valence-electron chi connectivity index (χ4n) is 4.10. The van der Waals surface area contributed by atoms with Gasteiger partial charge in [0, 0.05) is 40.6 Å². The molecule has 3 aromatic carbocycles. The second-order valence-electron chi connectivity index (χ2n) is 7.85. The fourth-order valence-corrected chi connectivity index (χ4v) is 4.10. The molecule has 0 atom stereocenters. The maximum atomic E-state index is 11.7. The average molecular weight is 447 g/mol. The minimum absolute atomic E-state index is 0.418. The lowest BCUT2D eigenvalue weighted by molar-refractivity contribution is -0.139. The van der Waals surface area contributed by atoms with Crippen LogP contribution in [0.25, 0.3) is 21.8 Å². The predicted octanol–water partition coefficient (Wildman–Crippen LogP) is 4.33. The quantitative estimate of drug-likeness (QED) is 0.353. The summed E-state index contributed by atoms with van der Waals surface area (Å²) < 4.78 is 13.7. The van der Waals surface area contributed by atoms with E-state index in [1.54, 1.807) is 18.2 Å². The number of nitrogens with zero attached hydrogens (tertiary/aromatic N) is 1. The molecule has 0 radical (unpaired) electrons. The Morgan fingerprint density at radius 3 is 2.64 bits per heavy atom. The molecule has 1 amide bonds. The Bertz CT molecular complexity index is 1330. The van der Waals surface area contributed by atoms with Gasteiger partial charge in [-0.2, -0.15) is 0 Å². The van der Waals surface area contributed by atoms with Gasteiger partial charge in [0.1, 0.15) is 5.75 Å². The number of carbonyl (C=O) groups is 2. The molecule has 3 N–H and O–H groups in total. The third kappa shape index (κ3) is 4.68. The molecule has 0 unspecified atom stereocenters. The van der Waals surface area contributed by atoms with Crippen LogP contribution in [0.2, 0.25) is 0 Å². The van der Waals surface area contributed by atoms with Crippen LogP contribution in [0.3, 0.4) is 0 Å². The lowest BCUT2D eigenvalue weighted by Crippen LogP contribution is -2.11. The predicted molar refractivity (Wildman–Crippen MR) is 127 cm³/mol. The molecular formula is C26H26N2O5. The molecule has 0 aliphatic carbocycles. The third-order valence-corrected chi connectivity index (χ3v) is 5.47. The molecule has 0 saturated carbocycles. The van der Waals surface area contributed by atoms with Crippen LogP contribution >= 0.6 is 0 Å². The first kappa shape index (κ1) is 22.4. The number of rotatable bonds is 10. The summed E-state index contributed by atoms with van der Waals surface area (Å²) in [6, 6.07) is 18.9. The standard InChI is InChI=1S/C26H26N2O5/c1-2-12-32-15-19-10-11-22(33-16-23(29)30)24-20-8-3-4-9-21(20)28(25(19)24)14-17-6-5-7-18(13-17)26(27)31/h3-11,13H,2,12,14-16H2,1H3,(H2,27,31)(H,29,30). The molecule has 1 heterocycles. The summed E-state index contributed by atoms with van der Waals surface area (Å²) >= 11 is 0. The molecule has 7 heteroatoms. The summed E-state index contributed by atoms with van der Waals surface area (Å²) in [6.07, 6.45) is 0.909. The summed E-state index contributed by atoms with van der Waals surface area (Å²) in [7, 11) is 0. The topological polar surface area (TPSA) is 104 Å². The maximum absolute atomic E-state index is 11.7. The largest absolute Gasteiger partial charge is 0.481 e. The molecular weight excluding hydrogens is 420 g/mol. The van der Waals surface area contributed by atoms with Gasteiger partial charge in [0.15, 0.2) is 6.61 Å². The summed E-state index contributed by atoms with van der Waals surface area (Å²) in [6.45, 7) is 3.18. The summed E-state index contributed by atoms with van der Waals surface area (Å²) in [4.78, 5) is 22.8. The van der Waals surface area contributed by atoms with E-state index in [-0.39, 0.29) is 0 Å². The van der Waals surface area contributed by atoms with Crippen molar-refractivity contribution < 1.29 is 24.2 Å². The molecule has 0 aliphatic rings. The number of aliphatic carboxylic acids is 1. The number of hydrogen-bond acceptors (Lipinski definition) is 4. The van der Waals surface area contributed by atoms with E-state index in [4.69, 9.17) is 20.3 Å². The Morgan fingerprint density at radius 1 is 1.06 bits per heavy atom. The van der Waals surface area contributed by atoms with Crippen molar-refractivity contribution >= 4 is 33.7 Å². The molecule has 0 fully saturated rings. The number of amides is 1. The second kappa shape index (κ2) is 9.75. The molecule has 7 nitrogen and oxygen atoms in total. The SMILES string of the molecule is CCCOCc1ccc(OCC(=O)O)c2c3ccccc3n(Cc3cccc(C(N)=O)c3)c12. The molecule has 4 rings (SSSR count). The Hall–Kier alpha value is -3.84. The zero-order valence-corrected chi connectivity index (χ0v) is 18.4. The zero-order valence-electron chi connectivity index (χ0n) is 18.4. The highest BCUT2D eigenvalue weighted by Gasteiger charge is 2.19. The van der Waals surface area contributed by atoms with Gasteiger partial charge in [-0.1, -0.05) is 43.3 Å². The zero-order chi connectivity index (χ0) is 23.4. The minimum Gasteiger partial charge on any atom is -0.481 e. The number of nitrogens with two attached hydrogens (primary N) is 1. The van der Waals surface area contributed by atoms with Crippen molar-refractivity contribution in [2.45, 2.75) is 26.5 Å². The van der Waals surface area contributed by atoms with Crippen LogP contribution in [0.1, 0.15) is 34.8 Å². The van der Waals surface area contributed by atoms with Gasteiger partial charge >= 0.3 is 5.97 Å². The Kier molecular flexibility index (Phi) is 6.60. The van der Waals surface area contributed by atoms with Gasteiger partial charge < -0.3 is 24.9 Å². The number of carboxylic acids is 1. The van der Waals surface area contributed by atoms with Crippen molar-refractivity contribution in [2.24, 2.45) is 5.73 Å². The van der Waals surface area contributed by atoms with Crippen LogP contribution in [0.4, 0.5) is 0 Å². The number of benzene rings is 3. The van der Waals surface area contributed by atoms with Crippen molar-refractivity contribution in [2.75, 3.05) is 13.2 Å². The number of hydrogen-bond donors (Lipinski definition) is 2. The molecule has 1 aromatic heterocycles. The monoisotopic (exact) mass is 446 g/mol. The Morgan fingerprint density at radius 2 is 1.88 bits per heavy atom. The number of carboxylic acid groups (broad SMARTS) is 1. The number of fused-ring (bicyclic) bond motifs is 3. The number of ether oxygens (including phenoxy) is 2. The van der Waals surface area contributed by atoms with Crippen LogP contribution in [0.15, 0.2) is 60.7 Å². The lowest BCUT2D eigenvalue weighted by Gasteiger charge is -2.14. The van der Waals surface area contributed by atoms with Crippen LogP contribution in [0.5, 0.6) is 5.75 Å². The van der Waals surface area contributed by atoms with Crippen LogP contribution in [-0.4, -0.2) is 34.8 Å². The number of carbonyl (C=O) groups excluding carboxylic acids is 1. The Balaban J connectivity index is 1.93. The van der Waals surface area contributed by atoms with Gasteiger partial charge in [-0.25, -0.2) is 4.79 Å². The van der Waals surface area contributed by atoms with E-state index < -0.39 is 18.5 Å². The lowest BCUT2D eigenvalue weighted by atomic mass is 10.1. The molecule has 0 saturated heterocycles. The second-order valence-corrected chi connectivity index (χ2v) is 7.85. The van der Waals surface area contributed by atoms with Gasteiger partial charge in [0.25, 0.3) is 0 Å². The van der Waals surface area contributed by atoms with Crippen molar-refractivity contribution in [1.29, 1.82) is 0 Å². The molecule has 0 aliphatic heterocycles. The highest BCUT2D eigenvalue weighted by Crippen LogP contribution is 2.38. The van der Waals surface area contributed by atoms with Crippen molar-refractivity contribution in [3.05, 3.63) is 77.4 Å². The molecule has 33 heavy (non-hydrogen) atoms. The van der Waals surface area contributed by atoms with Gasteiger partial charge in [-0.3, -0.25) is 4.79 Å². The van der Waals surface area contributed by atoms with E-state index in [1.807, 2.05) is 42.5 Å². The first-order chi connectivity index (χ1) is 16.0. The van der Waals surface area contributed by atoms with E-state index in [1.165, 1.54) is 0 Å². The number of para-hydroxylation sites is 1. The summed E-state index contributed by atoms with van der Waals surface area (Å²) in [5.41, 5.74) is 9.72. The fraction of sp³-hybridized carbons (Fsp3) is 0.231. The molecule has 0 spiro atoms. The van der Waals surface area contributed by atoms with E-state index >= 15 is 0 Å². The van der Waals surface area contributed by atoms with Crippen LogP contribution in [0, 0.1) is 0 Å². The van der Waals surface area contributed by atoms with Crippen molar-refractivity contribution in [3.8, 4) is 5.75 Å². The average Bonchev–Trinajstić information content (AvgIpc) is 3.13. The van der Waals surface area contributed by atoms with Crippen molar-refractivity contribution in [3.63, 3.8) is 0 Å². The summed E-state index contributed by atoms with van der Waals surface area (Å²) in [5, 5.41) is 10.9. The van der Waals surface area contributed by atoms with Gasteiger partial charge in [0.05, 0.1) is 12.1 Å². The highest BCUT2D eigenvalue weighted by atomic mass is 16.5. The molecule has 0 bridgehead atoms. The van der Waals surface area contributed by atoms with Gasteiger partial charge in [-0.05, 0) is 36.2 Å². The van der Waals surface area contributed by atoms with Crippen molar-refractivity contribution in [1.82, 2.24) is 4.57 Å². The van der Waals surface area contributed by atoms with Gasteiger partial charge in [0.2, 0.25) is 5.91 Å². The summed E-state index contributed by atoms with van der Waals surface area (Å²) in [5.74, 6) is -1.00. The molecule has 4 aromatic rings. The maximum Gasteiger partial charge on any atom is 0.341 e. The first-order valence-corrected chi connectivity index (χ1v) is 10.8. The van der Waals surface area contributed by atoms with Crippen LogP contribution in [-0.2, 0) is 22.7 Å². The van der Waals surface area contributed by atoms with Gasteiger partial charge in [-0.15, -0.1) is 0 Å². The van der Waals surface area contributed by atoms with Crippen LogP contribution < -0.4 is 10.5 Å². The molecule has 170 valence electrons. The van der Waals surface area contributed by atoms with E-state index in [0.717, 1.165) is 39.4 Å². The third-order valence-electron chi connectivity index (χ3n) is 5.47. The Labute approximate surface area is 191 Å². The van der Waals surface area contributed by atoms with E-state index in [0.29, 0.717) is 31.1 Å².